The van der Waals surface area contributed by atoms with Crippen LogP contribution in [0, 0.1) is 5.41 Å². The summed E-state index contributed by atoms with van der Waals surface area (Å²) in [7, 11) is 0. The molecule has 1 saturated heterocycles. The average Bonchev–Trinajstić information content (AvgIpc) is 2.48. The first-order valence-electron chi connectivity index (χ1n) is 8.34. The Hall–Kier alpha value is -1.26. The second-order valence-corrected chi connectivity index (χ2v) is 6.68. The number of piperidine rings is 1. The summed E-state index contributed by atoms with van der Waals surface area (Å²) in [5, 5.41) is 11.8. The molecule has 1 saturated carbocycles. The molecule has 2 rings (SSSR count). The zero-order valence-electron chi connectivity index (χ0n) is 13.1. The van der Waals surface area contributed by atoms with E-state index < -0.39 is 12.0 Å². The van der Waals surface area contributed by atoms with Gasteiger partial charge in [0, 0.05) is 13.1 Å². The Morgan fingerprint density at radius 2 is 1.76 bits per heavy atom. The molecule has 2 aliphatic rings. The third kappa shape index (κ3) is 4.11. The Morgan fingerprint density at radius 1 is 1.14 bits per heavy atom. The van der Waals surface area contributed by atoms with Crippen LogP contribution >= 0.6 is 0 Å². The number of carbonyl (C=O) groups is 2. The number of nitrogens with zero attached hydrogens (tertiary/aromatic N) is 1. The minimum absolute atomic E-state index is 0.207. The monoisotopic (exact) mass is 296 g/mol. The number of urea groups is 1. The Bertz CT molecular complexity index is 368. The van der Waals surface area contributed by atoms with Crippen LogP contribution in [-0.4, -0.2) is 41.1 Å². The first kappa shape index (κ1) is 16.1. The van der Waals surface area contributed by atoms with E-state index in [4.69, 9.17) is 5.11 Å². The molecule has 0 bridgehead atoms. The molecule has 0 aromatic carbocycles. The fourth-order valence-electron chi connectivity index (χ4n) is 3.77. The Labute approximate surface area is 127 Å². The van der Waals surface area contributed by atoms with Crippen molar-refractivity contribution in [1.82, 2.24) is 10.2 Å². The van der Waals surface area contributed by atoms with Gasteiger partial charge in [0.15, 0.2) is 0 Å². The van der Waals surface area contributed by atoms with Crippen molar-refractivity contribution in [3.8, 4) is 0 Å². The van der Waals surface area contributed by atoms with Crippen LogP contribution in [0.25, 0.3) is 0 Å². The van der Waals surface area contributed by atoms with Crippen LogP contribution in [0.2, 0.25) is 0 Å². The summed E-state index contributed by atoms with van der Waals surface area (Å²) in [6.45, 7) is 3.46. The second kappa shape index (κ2) is 7.14. The van der Waals surface area contributed by atoms with Gasteiger partial charge < -0.3 is 15.3 Å². The molecule has 1 aliphatic heterocycles. The van der Waals surface area contributed by atoms with E-state index in [0.717, 1.165) is 32.4 Å². The summed E-state index contributed by atoms with van der Waals surface area (Å²) in [6.07, 6.45) is 9.99. The minimum Gasteiger partial charge on any atom is -0.480 e. The predicted molar refractivity (Wildman–Crippen MR) is 81.2 cm³/mol. The van der Waals surface area contributed by atoms with Crippen LogP contribution in [-0.2, 0) is 4.79 Å². The fraction of sp³-hybridized carbons (Fsp3) is 0.875. The van der Waals surface area contributed by atoms with Gasteiger partial charge in [-0.05, 0) is 37.5 Å². The van der Waals surface area contributed by atoms with E-state index in [1.54, 1.807) is 4.90 Å². The van der Waals surface area contributed by atoms with E-state index in [1.165, 1.54) is 32.1 Å². The van der Waals surface area contributed by atoms with Gasteiger partial charge in [-0.1, -0.05) is 32.6 Å². The van der Waals surface area contributed by atoms with Gasteiger partial charge in [0.2, 0.25) is 0 Å². The molecule has 0 aromatic rings. The van der Waals surface area contributed by atoms with Crippen LogP contribution < -0.4 is 5.32 Å². The van der Waals surface area contributed by atoms with Crippen molar-refractivity contribution < 1.29 is 14.7 Å². The zero-order chi connectivity index (χ0) is 15.3. The van der Waals surface area contributed by atoms with Crippen molar-refractivity contribution in [2.24, 2.45) is 5.41 Å². The first-order valence-corrected chi connectivity index (χ1v) is 8.34. The van der Waals surface area contributed by atoms with Crippen LogP contribution in [0.5, 0.6) is 0 Å². The van der Waals surface area contributed by atoms with Gasteiger partial charge in [-0.15, -0.1) is 0 Å². The number of nitrogens with one attached hydrogen (secondary N) is 1. The van der Waals surface area contributed by atoms with Gasteiger partial charge in [0.25, 0.3) is 0 Å². The van der Waals surface area contributed by atoms with E-state index in [9.17, 15) is 9.59 Å². The van der Waals surface area contributed by atoms with Crippen LogP contribution in [0.1, 0.15) is 64.7 Å². The number of carboxylic acids is 1. The summed E-state index contributed by atoms with van der Waals surface area (Å²) < 4.78 is 0. The lowest BCUT2D eigenvalue weighted by molar-refractivity contribution is -0.139. The minimum atomic E-state index is -0.939. The van der Waals surface area contributed by atoms with Crippen molar-refractivity contribution in [2.45, 2.75) is 70.8 Å². The summed E-state index contributed by atoms with van der Waals surface area (Å²) in [4.78, 5) is 25.1. The van der Waals surface area contributed by atoms with Crippen molar-refractivity contribution in [1.29, 1.82) is 0 Å². The summed E-state index contributed by atoms with van der Waals surface area (Å²) in [6, 6.07) is -0.963. The molecule has 5 nitrogen and oxygen atoms in total. The number of hydrogen-bond acceptors (Lipinski definition) is 2. The van der Waals surface area contributed by atoms with Gasteiger partial charge in [-0.2, -0.15) is 0 Å². The summed E-state index contributed by atoms with van der Waals surface area (Å²) >= 11 is 0. The molecule has 120 valence electrons. The number of aliphatic carboxylic acids is 1. The standard InChI is InChI=1S/C16H28N2O3/c1-2-6-13(14(19)20)17-15(21)18-11-9-16(10-12-18)7-4-3-5-8-16/h13H,2-12H2,1H3,(H,17,21)(H,19,20). The number of amides is 2. The highest BCUT2D eigenvalue weighted by atomic mass is 16.4. The normalized spacial score (nSPS) is 22.8. The van der Waals surface area contributed by atoms with Crippen LogP contribution in [0.15, 0.2) is 0 Å². The fourth-order valence-corrected chi connectivity index (χ4v) is 3.77. The number of carbonyl (C=O) groups excluding carboxylic acids is 1. The van der Waals surface area contributed by atoms with Gasteiger partial charge in [-0.3, -0.25) is 0 Å². The largest absolute Gasteiger partial charge is 0.480 e. The molecule has 5 heteroatoms. The number of likely N-dealkylation sites (tertiary alicyclic amines) is 1. The lowest BCUT2D eigenvalue weighted by Crippen LogP contribution is -2.51. The maximum Gasteiger partial charge on any atom is 0.326 e. The lowest BCUT2D eigenvalue weighted by Gasteiger charge is -2.44. The second-order valence-electron chi connectivity index (χ2n) is 6.68. The highest BCUT2D eigenvalue weighted by Gasteiger charge is 2.37. The van der Waals surface area contributed by atoms with Gasteiger partial charge >= 0.3 is 12.0 Å². The number of hydrogen-bond donors (Lipinski definition) is 2. The molecule has 1 heterocycles. The van der Waals surface area contributed by atoms with Crippen molar-refractivity contribution in [2.75, 3.05) is 13.1 Å². The molecule has 2 fully saturated rings. The highest BCUT2D eigenvalue weighted by Crippen LogP contribution is 2.44. The molecular formula is C16H28N2O3. The smallest absolute Gasteiger partial charge is 0.326 e. The summed E-state index contributed by atoms with van der Waals surface area (Å²) in [5.41, 5.74) is 0.463. The van der Waals surface area contributed by atoms with E-state index in [-0.39, 0.29) is 6.03 Å². The molecular weight excluding hydrogens is 268 g/mol. The predicted octanol–water partition coefficient (Wildman–Crippen LogP) is 3.00. The van der Waals surface area contributed by atoms with Gasteiger partial charge in [0.05, 0.1) is 0 Å². The van der Waals surface area contributed by atoms with Crippen LogP contribution in [0.3, 0.4) is 0 Å². The third-order valence-corrected chi connectivity index (χ3v) is 5.20. The molecule has 1 spiro atoms. The SMILES string of the molecule is CCCC(NC(=O)N1CCC2(CCCCC2)CC1)C(=O)O. The molecule has 0 aromatic heterocycles. The number of rotatable bonds is 4. The van der Waals surface area contributed by atoms with Crippen molar-refractivity contribution in [3.63, 3.8) is 0 Å². The molecule has 0 radical (unpaired) electrons. The topological polar surface area (TPSA) is 69.6 Å². The Balaban J connectivity index is 1.83. The van der Waals surface area contributed by atoms with Gasteiger partial charge in [-0.25, -0.2) is 9.59 Å². The van der Waals surface area contributed by atoms with E-state index in [2.05, 4.69) is 5.32 Å². The third-order valence-electron chi connectivity index (χ3n) is 5.20. The first-order chi connectivity index (χ1) is 10.1. The zero-order valence-corrected chi connectivity index (χ0v) is 13.1. The quantitative estimate of drug-likeness (QED) is 0.838. The molecule has 2 amide bonds. The number of carboxylic acid groups (broad SMARTS) is 1. The maximum atomic E-state index is 12.2. The molecule has 1 atom stereocenters. The van der Waals surface area contributed by atoms with E-state index in [0.29, 0.717) is 11.8 Å². The Morgan fingerprint density at radius 3 is 2.29 bits per heavy atom. The van der Waals surface area contributed by atoms with Gasteiger partial charge in [0.1, 0.15) is 6.04 Å². The van der Waals surface area contributed by atoms with Crippen molar-refractivity contribution in [3.05, 3.63) is 0 Å². The van der Waals surface area contributed by atoms with E-state index >= 15 is 0 Å². The average molecular weight is 296 g/mol. The lowest BCUT2D eigenvalue weighted by atomic mass is 9.68. The maximum absolute atomic E-state index is 12.2. The molecule has 2 N–H and O–H groups in total. The molecule has 21 heavy (non-hydrogen) atoms. The molecule has 1 unspecified atom stereocenters. The van der Waals surface area contributed by atoms with E-state index in [1.807, 2.05) is 6.92 Å². The van der Waals surface area contributed by atoms with Crippen LogP contribution in [0.4, 0.5) is 4.79 Å². The molecule has 1 aliphatic carbocycles. The highest BCUT2D eigenvalue weighted by molar-refractivity contribution is 5.82. The summed E-state index contributed by atoms with van der Waals surface area (Å²) in [5.74, 6) is -0.939. The van der Waals surface area contributed by atoms with Crippen molar-refractivity contribution >= 4 is 12.0 Å². The Kier molecular flexibility index (Phi) is 5.48.